The second kappa shape index (κ2) is 11.5. The molecule has 0 aliphatic heterocycles. The summed E-state index contributed by atoms with van der Waals surface area (Å²) in [4.78, 5) is 2.32. The van der Waals surface area contributed by atoms with Gasteiger partial charge in [0.25, 0.3) is 0 Å². The lowest BCUT2D eigenvalue weighted by atomic mass is 9.74. The molecule has 0 fully saturated rings. The molecule has 250 valence electrons. The lowest BCUT2D eigenvalue weighted by Gasteiger charge is -2.28. The van der Waals surface area contributed by atoms with Crippen molar-refractivity contribution in [2.75, 3.05) is 4.90 Å². The highest BCUT2D eigenvalue weighted by molar-refractivity contribution is 7.26. The largest absolute Gasteiger partial charge is 0.456 e. The zero-order chi connectivity index (χ0) is 35.1. The molecule has 2 nitrogen and oxygen atoms in total. The fraction of sp³-hybridized carbons (Fsp3) is 0.0400. The maximum Gasteiger partial charge on any atom is 0.135 e. The summed E-state index contributed by atoms with van der Waals surface area (Å²) >= 11 is 1.92. The van der Waals surface area contributed by atoms with Gasteiger partial charge in [-0.25, -0.2) is 0 Å². The minimum absolute atomic E-state index is 0.230. The Bertz CT molecular complexity index is 2980. The molecule has 0 radical (unpaired) electrons. The first kappa shape index (κ1) is 30.2. The van der Waals surface area contributed by atoms with Gasteiger partial charge < -0.3 is 9.32 Å². The molecule has 11 rings (SSSR count). The first-order valence-electron chi connectivity index (χ1n) is 18.2. The normalized spacial score (nSPS) is 13.2. The van der Waals surface area contributed by atoms with Crippen molar-refractivity contribution in [3.05, 3.63) is 199 Å². The number of furan rings is 1. The van der Waals surface area contributed by atoms with Crippen LogP contribution in [0.25, 0.3) is 64.4 Å². The number of benzene rings is 8. The molecule has 0 spiro atoms. The summed E-state index contributed by atoms with van der Waals surface area (Å²) in [5.41, 5.74) is 14.1. The average molecular weight is 696 g/mol. The fourth-order valence-electron chi connectivity index (χ4n) is 8.80. The van der Waals surface area contributed by atoms with Gasteiger partial charge in [-0.2, -0.15) is 0 Å². The number of thiophene rings is 1. The first-order valence-corrected chi connectivity index (χ1v) is 19.0. The summed E-state index contributed by atoms with van der Waals surface area (Å²) in [6, 6.07) is 66.1. The standard InChI is InChI=1S/C50H33NOS/c1-50(43-18-8-5-14-37(43)38-15-6-9-19-44(38)50)45-20-11-17-40-42-30-33(24-29-48(42)53-49(40)45)32-22-25-35(26-23-32)51(34-12-3-2-4-13-34)36-27-28-47-41(31-36)39-16-7-10-21-46(39)52-47/h2-31H,1H3. The molecule has 0 saturated carbocycles. The van der Waals surface area contributed by atoms with Gasteiger partial charge in [0, 0.05) is 53.4 Å². The Balaban J connectivity index is 1.00. The minimum Gasteiger partial charge on any atom is -0.456 e. The van der Waals surface area contributed by atoms with E-state index in [1.807, 2.05) is 23.5 Å². The number of hydrogen-bond donors (Lipinski definition) is 0. The van der Waals surface area contributed by atoms with Crippen molar-refractivity contribution in [2.45, 2.75) is 12.3 Å². The molecule has 2 heterocycles. The Hall–Kier alpha value is -6.42. The molecule has 1 aliphatic rings. The van der Waals surface area contributed by atoms with Gasteiger partial charge in [0.2, 0.25) is 0 Å². The quantitative estimate of drug-likeness (QED) is 0.178. The maximum absolute atomic E-state index is 6.16. The van der Waals surface area contributed by atoms with Crippen LogP contribution in [-0.2, 0) is 5.41 Å². The van der Waals surface area contributed by atoms with Crippen LogP contribution in [0.5, 0.6) is 0 Å². The van der Waals surface area contributed by atoms with Crippen molar-refractivity contribution in [1.82, 2.24) is 0 Å². The van der Waals surface area contributed by atoms with E-state index in [0.29, 0.717) is 0 Å². The molecule has 0 saturated heterocycles. The van der Waals surface area contributed by atoms with E-state index in [2.05, 4.69) is 182 Å². The van der Waals surface area contributed by atoms with Gasteiger partial charge in [0.1, 0.15) is 11.2 Å². The van der Waals surface area contributed by atoms with Gasteiger partial charge in [-0.15, -0.1) is 11.3 Å². The van der Waals surface area contributed by atoms with E-state index < -0.39 is 0 Å². The second-order valence-electron chi connectivity index (χ2n) is 14.2. The van der Waals surface area contributed by atoms with Gasteiger partial charge >= 0.3 is 0 Å². The molecule has 10 aromatic rings. The third kappa shape index (κ3) is 4.51. The highest BCUT2D eigenvalue weighted by Crippen LogP contribution is 2.55. The van der Waals surface area contributed by atoms with Gasteiger partial charge in [-0.3, -0.25) is 0 Å². The van der Waals surface area contributed by atoms with Crippen molar-refractivity contribution in [3.8, 4) is 22.3 Å². The molecule has 0 unspecified atom stereocenters. The van der Waals surface area contributed by atoms with E-state index in [-0.39, 0.29) is 5.41 Å². The summed E-state index contributed by atoms with van der Waals surface area (Å²) in [7, 11) is 0. The number of anilines is 3. The molecule has 0 bridgehead atoms. The topological polar surface area (TPSA) is 16.4 Å². The predicted octanol–water partition coefficient (Wildman–Crippen LogP) is 14.4. The van der Waals surface area contributed by atoms with Crippen molar-refractivity contribution in [2.24, 2.45) is 0 Å². The number of rotatable bonds is 5. The maximum atomic E-state index is 6.16. The van der Waals surface area contributed by atoms with Gasteiger partial charge in [0.05, 0.1) is 0 Å². The van der Waals surface area contributed by atoms with E-state index in [0.717, 1.165) is 39.0 Å². The molecule has 0 amide bonds. The van der Waals surface area contributed by atoms with Crippen LogP contribution in [0.2, 0.25) is 0 Å². The van der Waals surface area contributed by atoms with Crippen molar-refractivity contribution >= 4 is 70.5 Å². The molecule has 0 N–H and O–H groups in total. The zero-order valence-corrected chi connectivity index (χ0v) is 29.9. The van der Waals surface area contributed by atoms with E-state index in [1.165, 1.54) is 59.1 Å². The summed E-state index contributed by atoms with van der Waals surface area (Å²) < 4.78 is 8.84. The molecule has 53 heavy (non-hydrogen) atoms. The highest BCUT2D eigenvalue weighted by atomic mass is 32.1. The van der Waals surface area contributed by atoms with Gasteiger partial charge in [-0.05, 0) is 107 Å². The number of para-hydroxylation sites is 2. The van der Waals surface area contributed by atoms with Crippen LogP contribution in [-0.4, -0.2) is 0 Å². The summed E-state index contributed by atoms with van der Waals surface area (Å²) in [5.74, 6) is 0. The fourth-order valence-corrected chi connectivity index (χ4v) is 10.1. The summed E-state index contributed by atoms with van der Waals surface area (Å²) in [6.07, 6.45) is 0. The number of nitrogens with zero attached hydrogens (tertiary/aromatic N) is 1. The summed E-state index contributed by atoms with van der Waals surface area (Å²) in [6.45, 7) is 2.41. The smallest absolute Gasteiger partial charge is 0.135 e. The van der Waals surface area contributed by atoms with Crippen LogP contribution in [0.3, 0.4) is 0 Å². The van der Waals surface area contributed by atoms with E-state index >= 15 is 0 Å². The SMILES string of the molecule is CC1(c2cccc3c2sc2ccc(-c4ccc(N(c5ccccc5)c5ccc6oc7ccccc7c6c5)cc4)cc23)c2ccccc2-c2ccccc21. The highest BCUT2D eigenvalue weighted by Gasteiger charge is 2.41. The lowest BCUT2D eigenvalue weighted by molar-refractivity contribution is 0.669. The van der Waals surface area contributed by atoms with Crippen molar-refractivity contribution < 1.29 is 4.42 Å². The van der Waals surface area contributed by atoms with E-state index in [9.17, 15) is 0 Å². The summed E-state index contributed by atoms with van der Waals surface area (Å²) in [5, 5.41) is 4.87. The Kier molecular flexibility index (Phi) is 6.58. The lowest BCUT2D eigenvalue weighted by Crippen LogP contribution is -2.22. The monoisotopic (exact) mass is 695 g/mol. The van der Waals surface area contributed by atoms with Gasteiger partial charge in [-0.1, -0.05) is 121 Å². The van der Waals surface area contributed by atoms with E-state index in [4.69, 9.17) is 4.42 Å². The van der Waals surface area contributed by atoms with Crippen LogP contribution in [0.1, 0.15) is 23.6 Å². The van der Waals surface area contributed by atoms with Crippen molar-refractivity contribution in [3.63, 3.8) is 0 Å². The van der Waals surface area contributed by atoms with Crippen LogP contribution in [0.15, 0.2) is 186 Å². The van der Waals surface area contributed by atoms with Crippen LogP contribution in [0, 0.1) is 0 Å². The number of hydrogen-bond acceptors (Lipinski definition) is 3. The predicted molar refractivity (Wildman–Crippen MR) is 224 cm³/mol. The third-order valence-corrected chi connectivity index (χ3v) is 12.6. The van der Waals surface area contributed by atoms with Crippen LogP contribution in [0.4, 0.5) is 17.1 Å². The van der Waals surface area contributed by atoms with Gasteiger partial charge in [0.15, 0.2) is 0 Å². The van der Waals surface area contributed by atoms with Crippen LogP contribution < -0.4 is 4.90 Å². The first-order chi connectivity index (χ1) is 26.1. The number of fused-ring (bicyclic) bond motifs is 9. The molecule has 1 aliphatic carbocycles. The Morgan fingerprint density at radius 2 is 1.04 bits per heavy atom. The Morgan fingerprint density at radius 3 is 1.83 bits per heavy atom. The minimum atomic E-state index is -0.230. The third-order valence-electron chi connectivity index (χ3n) is 11.3. The molecule has 3 heteroatoms. The van der Waals surface area contributed by atoms with Crippen LogP contribution >= 0.6 is 11.3 Å². The Morgan fingerprint density at radius 1 is 0.434 bits per heavy atom. The molecular weight excluding hydrogens is 663 g/mol. The second-order valence-corrected chi connectivity index (χ2v) is 15.3. The van der Waals surface area contributed by atoms with E-state index in [1.54, 1.807) is 0 Å². The molecule has 8 aromatic carbocycles. The average Bonchev–Trinajstić information content (AvgIpc) is 3.87. The Labute approximate surface area is 311 Å². The van der Waals surface area contributed by atoms with Crippen molar-refractivity contribution in [1.29, 1.82) is 0 Å². The molecule has 2 aromatic heterocycles. The zero-order valence-electron chi connectivity index (χ0n) is 29.1. The molecule has 0 atom stereocenters. The molecular formula is C50H33NOS.